The maximum atomic E-state index is 3.64. The summed E-state index contributed by atoms with van der Waals surface area (Å²) >= 11 is 0. The molecular weight excluding hydrogens is 208 g/mol. The van der Waals surface area contributed by atoms with Crippen molar-refractivity contribution in [3.63, 3.8) is 0 Å². The van der Waals surface area contributed by atoms with Crippen LogP contribution in [0.25, 0.3) is 0 Å². The van der Waals surface area contributed by atoms with E-state index in [1.54, 1.807) is 0 Å². The molecule has 0 N–H and O–H groups in total. The van der Waals surface area contributed by atoms with Crippen LogP contribution in [0.3, 0.4) is 0 Å². The summed E-state index contributed by atoms with van der Waals surface area (Å²) in [6.45, 7) is 11.8. The second kappa shape index (κ2) is 5.41. The summed E-state index contributed by atoms with van der Waals surface area (Å²) in [5.74, 6) is 4.42. The fourth-order valence-electron chi connectivity index (χ4n) is 2.00. The highest BCUT2D eigenvalue weighted by Crippen LogP contribution is 2.35. The molecular formula is C15H28Si. The van der Waals surface area contributed by atoms with Crippen molar-refractivity contribution >= 4 is 8.07 Å². The molecule has 16 heavy (non-hydrogen) atoms. The van der Waals surface area contributed by atoms with Gasteiger partial charge in [-0.3, -0.25) is 0 Å². The van der Waals surface area contributed by atoms with Gasteiger partial charge in [0.1, 0.15) is 8.07 Å². The maximum absolute atomic E-state index is 3.64. The van der Waals surface area contributed by atoms with Crippen molar-refractivity contribution in [1.82, 2.24) is 0 Å². The van der Waals surface area contributed by atoms with Crippen LogP contribution in [-0.2, 0) is 0 Å². The molecule has 1 fully saturated rings. The van der Waals surface area contributed by atoms with E-state index in [9.17, 15) is 0 Å². The SMILES string of the molecule is CC(C)(C)[Si](C)(C)C#CCC1CCCCC1. The normalized spacial score (nSPS) is 19.1. The van der Waals surface area contributed by atoms with Crippen LogP contribution < -0.4 is 0 Å². The third-order valence-electron chi connectivity index (χ3n) is 4.39. The van der Waals surface area contributed by atoms with E-state index in [1.807, 2.05) is 0 Å². The Balaban J connectivity index is 2.47. The second-order valence-electron chi connectivity index (χ2n) is 6.88. The molecule has 0 aromatic rings. The summed E-state index contributed by atoms with van der Waals surface area (Å²) in [5, 5.41) is 0.409. The van der Waals surface area contributed by atoms with E-state index in [1.165, 1.54) is 32.1 Å². The molecule has 0 aromatic carbocycles. The van der Waals surface area contributed by atoms with E-state index >= 15 is 0 Å². The number of hydrogen-bond acceptors (Lipinski definition) is 0. The Morgan fingerprint density at radius 2 is 1.62 bits per heavy atom. The average Bonchev–Trinajstić information content (AvgIpc) is 2.17. The Bertz CT molecular complexity index is 266. The Labute approximate surface area is 103 Å². The van der Waals surface area contributed by atoms with Gasteiger partial charge in [0.15, 0.2) is 0 Å². The first-order chi connectivity index (χ1) is 7.33. The molecule has 0 heterocycles. The van der Waals surface area contributed by atoms with Gasteiger partial charge in [-0.05, 0) is 23.8 Å². The van der Waals surface area contributed by atoms with E-state index in [0.29, 0.717) is 5.04 Å². The standard InChI is InChI=1S/C15H28Si/c1-15(2,3)16(4,5)13-9-12-14-10-7-6-8-11-14/h14H,6-8,10-12H2,1-5H3. The van der Waals surface area contributed by atoms with Crippen molar-refractivity contribution in [2.24, 2.45) is 5.92 Å². The van der Waals surface area contributed by atoms with Crippen LogP contribution in [0.4, 0.5) is 0 Å². The lowest BCUT2D eigenvalue weighted by molar-refractivity contribution is 0.365. The minimum atomic E-state index is -1.35. The van der Waals surface area contributed by atoms with Crippen LogP contribution in [-0.4, -0.2) is 8.07 Å². The summed E-state index contributed by atoms with van der Waals surface area (Å²) in [6.07, 6.45) is 8.33. The highest BCUT2D eigenvalue weighted by atomic mass is 28.3. The molecule has 1 aliphatic rings. The Morgan fingerprint density at radius 3 is 2.12 bits per heavy atom. The summed E-state index contributed by atoms with van der Waals surface area (Å²) in [5.41, 5.74) is 3.64. The largest absolute Gasteiger partial charge is 0.137 e. The molecule has 1 heteroatoms. The van der Waals surface area contributed by atoms with Crippen LogP contribution in [0.5, 0.6) is 0 Å². The van der Waals surface area contributed by atoms with Gasteiger partial charge >= 0.3 is 0 Å². The Kier molecular flexibility index (Phi) is 4.68. The van der Waals surface area contributed by atoms with E-state index in [-0.39, 0.29) is 0 Å². The molecule has 0 atom stereocenters. The first kappa shape index (κ1) is 13.8. The van der Waals surface area contributed by atoms with Gasteiger partial charge in [-0.25, -0.2) is 0 Å². The van der Waals surface area contributed by atoms with Crippen LogP contribution >= 0.6 is 0 Å². The molecule has 0 spiro atoms. The maximum Gasteiger partial charge on any atom is 0.137 e. The topological polar surface area (TPSA) is 0 Å². The molecule has 0 nitrogen and oxygen atoms in total. The lowest BCUT2D eigenvalue weighted by atomic mass is 9.87. The number of rotatable bonds is 1. The van der Waals surface area contributed by atoms with E-state index in [0.717, 1.165) is 12.3 Å². The predicted octanol–water partition coefficient (Wildman–Crippen LogP) is 5.01. The van der Waals surface area contributed by atoms with Gasteiger partial charge < -0.3 is 0 Å². The zero-order valence-corrected chi connectivity index (χ0v) is 12.8. The molecule has 1 saturated carbocycles. The Hall–Kier alpha value is -0.223. The molecule has 0 aromatic heterocycles. The monoisotopic (exact) mass is 236 g/mol. The minimum absolute atomic E-state index is 0.409. The van der Waals surface area contributed by atoms with Crippen LogP contribution in [0.15, 0.2) is 0 Å². The summed E-state index contributed by atoms with van der Waals surface area (Å²) in [6, 6.07) is 0. The molecule has 1 rings (SSSR count). The van der Waals surface area contributed by atoms with Crippen molar-refractivity contribution < 1.29 is 0 Å². The van der Waals surface area contributed by atoms with Gasteiger partial charge in [-0.1, -0.05) is 53.1 Å². The molecule has 0 aliphatic heterocycles. The van der Waals surface area contributed by atoms with Crippen molar-refractivity contribution in [3.8, 4) is 11.5 Å². The van der Waals surface area contributed by atoms with Gasteiger partial charge in [-0.15, -0.1) is 11.5 Å². The molecule has 1 aliphatic carbocycles. The quantitative estimate of drug-likeness (QED) is 0.443. The molecule has 0 radical (unpaired) electrons. The summed E-state index contributed by atoms with van der Waals surface area (Å²) < 4.78 is 0. The molecule has 0 amide bonds. The van der Waals surface area contributed by atoms with Crippen LogP contribution in [0, 0.1) is 17.4 Å². The minimum Gasteiger partial charge on any atom is -0.131 e. The number of hydrogen-bond donors (Lipinski definition) is 0. The highest BCUT2D eigenvalue weighted by Gasteiger charge is 2.33. The highest BCUT2D eigenvalue weighted by molar-refractivity contribution is 6.87. The zero-order valence-electron chi connectivity index (χ0n) is 11.8. The lowest BCUT2D eigenvalue weighted by Gasteiger charge is -2.31. The fourth-order valence-corrected chi connectivity index (χ4v) is 2.91. The first-order valence-corrected chi connectivity index (χ1v) is 9.83. The van der Waals surface area contributed by atoms with E-state index in [4.69, 9.17) is 0 Å². The summed E-state index contributed by atoms with van der Waals surface area (Å²) in [7, 11) is -1.35. The lowest BCUT2D eigenvalue weighted by Crippen LogP contribution is -2.35. The van der Waals surface area contributed by atoms with Crippen molar-refractivity contribution in [2.45, 2.75) is 77.4 Å². The van der Waals surface area contributed by atoms with Gasteiger partial charge in [0.2, 0.25) is 0 Å². The molecule has 0 saturated heterocycles. The molecule has 0 unspecified atom stereocenters. The zero-order chi connectivity index (χ0) is 12.2. The molecule has 92 valence electrons. The fraction of sp³-hybridized carbons (Fsp3) is 0.867. The van der Waals surface area contributed by atoms with Gasteiger partial charge in [0, 0.05) is 6.42 Å². The van der Waals surface area contributed by atoms with Crippen molar-refractivity contribution in [2.75, 3.05) is 0 Å². The Morgan fingerprint density at radius 1 is 1.06 bits per heavy atom. The third-order valence-corrected chi connectivity index (χ3v) is 8.94. The van der Waals surface area contributed by atoms with Crippen molar-refractivity contribution in [3.05, 3.63) is 0 Å². The summed E-state index contributed by atoms with van der Waals surface area (Å²) in [4.78, 5) is 0. The van der Waals surface area contributed by atoms with Crippen LogP contribution in [0.1, 0.15) is 59.3 Å². The van der Waals surface area contributed by atoms with Crippen LogP contribution in [0.2, 0.25) is 18.1 Å². The van der Waals surface area contributed by atoms with Gasteiger partial charge in [0.05, 0.1) is 0 Å². The first-order valence-electron chi connectivity index (χ1n) is 6.83. The van der Waals surface area contributed by atoms with Gasteiger partial charge in [0.25, 0.3) is 0 Å². The van der Waals surface area contributed by atoms with E-state index < -0.39 is 8.07 Å². The van der Waals surface area contributed by atoms with Gasteiger partial charge in [-0.2, -0.15) is 0 Å². The van der Waals surface area contributed by atoms with E-state index in [2.05, 4.69) is 45.3 Å². The third kappa shape index (κ3) is 3.98. The smallest absolute Gasteiger partial charge is 0.131 e. The molecule has 0 bridgehead atoms. The predicted molar refractivity (Wildman–Crippen MR) is 76.2 cm³/mol. The second-order valence-corrected chi connectivity index (χ2v) is 11.9. The average molecular weight is 236 g/mol. The van der Waals surface area contributed by atoms with Crippen molar-refractivity contribution in [1.29, 1.82) is 0 Å².